The Kier molecular flexibility index (Phi) is 3.78. The van der Waals surface area contributed by atoms with Gasteiger partial charge in [0.1, 0.15) is 11.1 Å². The number of amides is 1. The average molecular weight is 317 g/mol. The van der Waals surface area contributed by atoms with Crippen molar-refractivity contribution in [1.82, 2.24) is 15.1 Å². The van der Waals surface area contributed by atoms with Gasteiger partial charge >= 0.3 is 6.09 Å². The van der Waals surface area contributed by atoms with Gasteiger partial charge < -0.3 is 10.1 Å². The molecule has 0 saturated heterocycles. The van der Waals surface area contributed by atoms with Crippen molar-refractivity contribution in [2.75, 3.05) is 6.54 Å². The van der Waals surface area contributed by atoms with Crippen molar-refractivity contribution in [3.63, 3.8) is 0 Å². The maximum Gasteiger partial charge on any atom is 0.407 e. The number of fused-ring (bicyclic) bond motifs is 3. The Bertz CT molecular complexity index is 814. The van der Waals surface area contributed by atoms with Crippen molar-refractivity contribution >= 4 is 37.7 Å². The molecule has 5 nitrogen and oxygen atoms in total. The number of nitrogens with zero attached hydrogens (tertiary/aromatic N) is 2. The molecule has 0 spiro atoms. The smallest absolute Gasteiger partial charge is 0.407 e. The van der Waals surface area contributed by atoms with Crippen molar-refractivity contribution in [1.29, 1.82) is 0 Å². The van der Waals surface area contributed by atoms with Crippen LogP contribution in [0.3, 0.4) is 0 Å². The maximum absolute atomic E-state index is 11.6. The summed E-state index contributed by atoms with van der Waals surface area (Å²) in [6, 6.07) is 8.26. The Morgan fingerprint density at radius 1 is 1.32 bits per heavy atom. The lowest BCUT2D eigenvalue weighted by Crippen LogP contribution is -2.34. The third-order valence-electron chi connectivity index (χ3n) is 3.10. The molecule has 0 atom stereocenters. The Morgan fingerprint density at radius 3 is 2.86 bits per heavy atom. The van der Waals surface area contributed by atoms with Crippen LogP contribution < -0.4 is 5.32 Å². The summed E-state index contributed by atoms with van der Waals surface area (Å²) in [5.41, 5.74) is 0.551. The third kappa shape index (κ3) is 3.22. The molecular weight excluding hydrogens is 298 g/mol. The van der Waals surface area contributed by atoms with E-state index in [9.17, 15) is 4.79 Å². The van der Waals surface area contributed by atoms with E-state index in [2.05, 4.69) is 22.5 Å². The minimum atomic E-state index is -0.475. The van der Waals surface area contributed by atoms with Crippen LogP contribution in [0.15, 0.2) is 30.5 Å². The Morgan fingerprint density at radius 2 is 2.09 bits per heavy atom. The van der Waals surface area contributed by atoms with Gasteiger partial charge in [0, 0.05) is 22.8 Å². The van der Waals surface area contributed by atoms with E-state index in [4.69, 9.17) is 4.74 Å². The predicted molar refractivity (Wildman–Crippen MR) is 89.4 cm³/mol. The molecular formula is C16H19N3O2S. The number of benzene rings is 1. The molecule has 0 aliphatic carbocycles. The summed E-state index contributed by atoms with van der Waals surface area (Å²) < 4.78 is 9.48. The second kappa shape index (κ2) is 5.61. The molecule has 0 bridgehead atoms. The number of ether oxygens (including phenoxy) is 1. The first kappa shape index (κ1) is 14.8. The zero-order valence-electron chi connectivity index (χ0n) is 12.9. The molecule has 2 heterocycles. The molecule has 3 rings (SSSR count). The molecule has 116 valence electrons. The third-order valence-corrected chi connectivity index (χ3v) is 4.19. The molecule has 22 heavy (non-hydrogen) atoms. The number of rotatable bonds is 3. The molecule has 6 heteroatoms. The highest BCUT2D eigenvalue weighted by Crippen LogP contribution is 2.32. The lowest BCUT2D eigenvalue weighted by Gasteiger charge is -2.19. The predicted octanol–water partition coefficient (Wildman–Crippen LogP) is 3.78. The summed E-state index contributed by atoms with van der Waals surface area (Å²) in [5, 5.41) is 8.53. The number of aromatic nitrogens is 2. The average Bonchev–Trinajstić information content (AvgIpc) is 2.93. The minimum absolute atomic E-state index is 0.396. The highest BCUT2D eigenvalue weighted by molar-refractivity contribution is 7.25. The molecule has 0 unspecified atom stereocenters. The number of hydrogen-bond donors (Lipinski definition) is 1. The summed E-state index contributed by atoms with van der Waals surface area (Å²) in [4.78, 5) is 11.6. The van der Waals surface area contributed by atoms with Gasteiger partial charge in [-0.1, -0.05) is 18.2 Å². The summed E-state index contributed by atoms with van der Waals surface area (Å²) >= 11 is 1.73. The molecule has 1 aromatic carbocycles. The summed E-state index contributed by atoms with van der Waals surface area (Å²) in [6.45, 7) is 6.65. The van der Waals surface area contributed by atoms with E-state index in [1.54, 1.807) is 11.3 Å². The highest BCUT2D eigenvalue weighted by atomic mass is 32.1. The van der Waals surface area contributed by atoms with E-state index >= 15 is 0 Å². The van der Waals surface area contributed by atoms with Gasteiger partial charge in [-0.05, 0) is 26.8 Å². The van der Waals surface area contributed by atoms with Gasteiger partial charge in [-0.15, -0.1) is 11.3 Å². The fourth-order valence-corrected chi connectivity index (χ4v) is 3.32. The van der Waals surface area contributed by atoms with Gasteiger partial charge in [-0.25, -0.2) is 4.79 Å². The minimum Gasteiger partial charge on any atom is -0.444 e. The van der Waals surface area contributed by atoms with Crippen LogP contribution in [0.1, 0.15) is 20.8 Å². The van der Waals surface area contributed by atoms with Crippen molar-refractivity contribution in [3.8, 4) is 0 Å². The van der Waals surface area contributed by atoms with E-state index in [0.29, 0.717) is 13.1 Å². The van der Waals surface area contributed by atoms with E-state index in [-0.39, 0.29) is 0 Å². The van der Waals surface area contributed by atoms with E-state index < -0.39 is 11.7 Å². The first-order chi connectivity index (χ1) is 10.4. The topological polar surface area (TPSA) is 56.1 Å². The first-order valence-corrected chi connectivity index (χ1v) is 8.05. The van der Waals surface area contributed by atoms with Gasteiger partial charge in [0.15, 0.2) is 0 Å². The van der Waals surface area contributed by atoms with Gasteiger partial charge in [-0.2, -0.15) is 5.10 Å². The van der Waals surface area contributed by atoms with E-state index in [1.807, 2.05) is 43.8 Å². The lowest BCUT2D eigenvalue weighted by molar-refractivity contribution is 0.0525. The first-order valence-electron chi connectivity index (χ1n) is 7.24. The summed E-state index contributed by atoms with van der Waals surface area (Å²) in [6.07, 6.45) is 1.63. The van der Waals surface area contributed by atoms with Crippen LogP contribution in [0.5, 0.6) is 0 Å². The summed E-state index contributed by atoms with van der Waals surface area (Å²) in [5.74, 6) is 0. The van der Waals surface area contributed by atoms with Gasteiger partial charge in [0.25, 0.3) is 0 Å². The molecule has 0 aliphatic heterocycles. The van der Waals surface area contributed by atoms with Gasteiger partial charge in [0.2, 0.25) is 0 Å². The van der Waals surface area contributed by atoms with Crippen LogP contribution >= 0.6 is 11.3 Å². The fourth-order valence-electron chi connectivity index (χ4n) is 2.24. The Balaban J connectivity index is 1.64. The standard InChI is InChI=1S/C16H19N3O2S/c1-16(2,3)21-15(20)17-8-9-19-10-13-14(18-19)11-6-4-5-7-12(11)22-13/h4-7,10H,8-9H2,1-3H3,(H,17,20). The van der Waals surface area contributed by atoms with Gasteiger partial charge in [0.05, 0.1) is 11.2 Å². The number of carbonyl (C=O) groups excluding carboxylic acids is 1. The molecule has 1 N–H and O–H groups in total. The molecule has 1 amide bonds. The van der Waals surface area contributed by atoms with Gasteiger partial charge in [-0.3, -0.25) is 4.68 Å². The van der Waals surface area contributed by atoms with Crippen LogP contribution in [-0.2, 0) is 11.3 Å². The fraction of sp³-hybridized carbons (Fsp3) is 0.375. The maximum atomic E-state index is 11.6. The zero-order valence-corrected chi connectivity index (χ0v) is 13.7. The monoisotopic (exact) mass is 317 g/mol. The van der Waals surface area contributed by atoms with Crippen molar-refractivity contribution in [3.05, 3.63) is 30.5 Å². The van der Waals surface area contributed by atoms with Crippen LogP contribution in [-0.4, -0.2) is 28.0 Å². The number of thiophene rings is 1. The molecule has 0 saturated carbocycles. The molecule has 3 aromatic rings. The Hall–Kier alpha value is -2.08. The Labute approximate surface area is 132 Å². The lowest BCUT2D eigenvalue weighted by atomic mass is 10.2. The molecule has 2 aromatic heterocycles. The molecule has 0 aliphatic rings. The van der Waals surface area contributed by atoms with Crippen molar-refractivity contribution in [2.45, 2.75) is 32.9 Å². The zero-order chi connectivity index (χ0) is 15.7. The number of hydrogen-bond acceptors (Lipinski definition) is 4. The van der Waals surface area contributed by atoms with Crippen LogP contribution in [0.4, 0.5) is 4.79 Å². The second-order valence-electron chi connectivity index (χ2n) is 6.13. The largest absolute Gasteiger partial charge is 0.444 e. The van der Waals surface area contributed by atoms with E-state index in [1.165, 1.54) is 14.8 Å². The number of carbonyl (C=O) groups is 1. The molecule has 0 radical (unpaired) electrons. The van der Waals surface area contributed by atoms with Crippen LogP contribution in [0, 0.1) is 0 Å². The quantitative estimate of drug-likeness (QED) is 0.800. The summed E-state index contributed by atoms with van der Waals surface area (Å²) in [7, 11) is 0. The van der Waals surface area contributed by atoms with Crippen molar-refractivity contribution < 1.29 is 9.53 Å². The number of nitrogens with one attached hydrogen (secondary N) is 1. The van der Waals surface area contributed by atoms with E-state index in [0.717, 1.165) is 5.52 Å². The molecule has 0 fully saturated rings. The normalized spacial score (nSPS) is 12.0. The number of alkyl carbamates (subject to hydrolysis) is 1. The van der Waals surface area contributed by atoms with Crippen LogP contribution in [0.2, 0.25) is 0 Å². The van der Waals surface area contributed by atoms with Crippen LogP contribution in [0.25, 0.3) is 20.3 Å². The highest BCUT2D eigenvalue weighted by Gasteiger charge is 2.15. The SMILES string of the molecule is CC(C)(C)OC(=O)NCCn1cc2sc3ccccc3c2n1. The van der Waals surface area contributed by atoms with Crippen molar-refractivity contribution in [2.24, 2.45) is 0 Å². The second-order valence-corrected chi connectivity index (χ2v) is 7.22.